The molecule has 2 aromatic rings. The van der Waals surface area contributed by atoms with Gasteiger partial charge in [-0.1, -0.05) is 34.1 Å². The summed E-state index contributed by atoms with van der Waals surface area (Å²) in [6.45, 7) is 1.74. The van der Waals surface area contributed by atoms with Crippen molar-refractivity contribution in [3.63, 3.8) is 0 Å². The molecule has 1 unspecified atom stereocenters. The van der Waals surface area contributed by atoms with E-state index in [0.29, 0.717) is 0 Å². The Kier molecular flexibility index (Phi) is 5.24. The molecule has 0 heterocycles. The third kappa shape index (κ3) is 3.93. The van der Waals surface area contributed by atoms with Crippen LogP contribution in [-0.4, -0.2) is 15.8 Å². The Hall–Kier alpha value is -2.81. The predicted octanol–water partition coefficient (Wildman–Crippen LogP) is 3.76. The van der Waals surface area contributed by atoms with Gasteiger partial charge in [-0.05, 0) is 18.6 Å². The van der Waals surface area contributed by atoms with E-state index in [2.05, 4.69) is 21.2 Å². The summed E-state index contributed by atoms with van der Waals surface area (Å²) in [4.78, 5) is 32.5. The number of benzene rings is 2. The molecule has 0 aromatic heterocycles. The van der Waals surface area contributed by atoms with Crippen LogP contribution in [0.1, 0.15) is 28.9 Å². The number of carbonyl (C=O) groups excluding carboxylic acids is 1. The van der Waals surface area contributed by atoms with Gasteiger partial charge in [0.2, 0.25) is 0 Å². The molecule has 2 rings (SSSR count). The van der Waals surface area contributed by atoms with Crippen LogP contribution in [0.5, 0.6) is 0 Å². The van der Waals surface area contributed by atoms with Crippen LogP contribution in [-0.2, 0) is 0 Å². The Morgan fingerprint density at radius 2 is 1.62 bits per heavy atom. The summed E-state index contributed by atoms with van der Waals surface area (Å²) < 4.78 is 0.794. The standard InChI is InChI=1S/C15H12BrN3O5/c1-9(13-4-2-3-5-14(13)16)17-15(20)10-6-11(18(21)22)8-12(7-10)19(23)24/h2-9H,1H3,(H,17,20). The number of carbonyl (C=O) groups is 1. The van der Waals surface area contributed by atoms with E-state index in [1.165, 1.54) is 0 Å². The molecule has 0 fully saturated rings. The third-order valence-electron chi connectivity index (χ3n) is 3.31. The van der Waals surface area contributed by atoms with Crippen molar-refractivity contribution in [2.24, 2.45) is 0 Å². The van der Waals surface area contributed by atoms with Gasteiger partial charge in [0.1, 0.15) is 0 Å². The molecule has 2 aromatic carbocycles. The fraction of sp³-hybridized carbons (Fsp3) is 0.133. The number of nitrogens with zero attached hydrogens (tertiary/aromatic N) is 2. The first kappa shape index (κ1) is 17.5. The van der Waals surface area contributed by atoms with Crippen LogP contribution in [0.4, 0.5) is 11.4 Å². The largest absolute Gasteiger partial charge is 0.345 e. The fourth-order valence-electron chi connectivity index (χ4n) is 2.12. The molecule has 0 saturated carbocycles. The molecule has 0 spiro atoms. The summed E-state index contributed by atoms with van der Waals surface area (Å²) in [5, 5.41) is 24.4. The molecule has 0 aliphatic carbocycles. The first-order valence-electron chi connectivity index (χ1n) is 6.78. The van der Waals surface area contributed by atoms with E-state index < -0.39 is 33.2 Å². The minimum absolute atomic E-state index is 0.144. The van der Waals surface area contributed by atoms with E-state index in [1.807, 2.05) is 18.2 Å². The van der Waals surface area contributed by atoms with Crippen LogP contribution in [0.3, 0.4) is 0 Å². The number of nitrogens with one attached hydrogen (secondary N) is 1. The molecule has 24 heavy (non-hydrogen) atoms. The summed E-state index contributed by atoms with van der Waals surface area (Å²) in [7, 11) is 0. The topological polar surface area (TPSA) is 115 Å². The lowest BCUT2D eigenvalue weighted by molar-refractivity contribution is -0.394. The average Bonchev–Trinajstić information content (AvgIpc) is 2.54. The molecule has 0 radical (unpaired) electrons. The summed E-state index contributed by atoms with van der Waals surface area (Å²) in [5.74, 6) is -0.634. The highest BCUT2D eigenvalue weighted by atomic mass is 79.9. The number of nitro groups is 2. The second-order valence-electron chi connectivity index (χ2n) is 4.97. The van der Waals surface area contributed by atoms with E-state index >= 15 is 0 Å². The number of hydrogen-bond donors (Lipinski definition) is 1. The van der Waals surface area contributed by atoms with Gasteiger partial charge < -0.3 is 5.32 Å². The van der Waals surface area contributed by atoms with Crippen LogP contribution >= 0.6 is 15.9 Å². The molecule has 1 amide bonds. The maximum atomic E-state index is 12.3. The smallest absolute Gasteiger partial charge is 0.277 e. The van der Waals surface area contributed by atoms with Crippen molar-refractivity contribution in [2.45, 2.75) is 13.0 Å². The highest BCUT2D eigenvalue weighted by molar-refractivity contribution is 9.10. The SMILES string of the molecule is CC(NC(=O)c1cc([N+](=O)[O-])cc([N+](=O)[O-])c1)c1ccccc1Br. The number of amides is 1. The summed E-state index contributed by atoms with van der Waals surface area (Å²) in [6.07, 6.45) is 0. The monoisotopic (exact) mass is 393 g/mol. The van der Waals surface area contributed by atoms with Gasteiger partial charge in [0.25, 0.3) is 17.3 Å². The van der Waals surface area contributed by atoms with Gasteiger partial charge in [0, 0.05) is 16.6 Å². The lowest BCUT2D eigenvalue weighted by atomic mass is 10.1. The van der Waals surface area contributed by atoms with E-state index in [0.717, 1.165) is 28.2 Å². The van der Waals surface area contributed by atoms with Crippen LogP contribution in [0, 0.1) is 20.2 Å². The van der Waals surface area contributed by atoms with Crippen molar-refractivity contribution in [1.29, 1.82) is 0 Å². The zero-order valence-corrected chi connectivity index (χ0v) is 14.0. The highest BCUT2D eigenvalue weighted by Crippen LogP contribution is 2.25. The molecule has 0 bridgehead atoms. The molecule has 0 aliphatic rings. The van der Waals surface area contributed by atoms with Crippen molar-refractivity contribution >= 4 is 33.2 Å². The minimum Gasteiger partial charge on any atom is -0.345 e. The molecular weight excluding hydrogens is 382 g/mol. The molecular formula is C15H12BrN3O5. The van der Waals surface area contributed by atoms with Gasteiger partial charge in [0.15, 0.2) is 0 Å². The minimum atomic E-state index is -0.777. The molecule has 124 valence electrons. The van der Waals surface area contributed by atoms with Gasteiger partial charge >= 0.3 is 0 Å². The number of non-ortho nitro benzene ring substituents is 2. The van der Waals surface area contributed by atoms with Crippen LogP contribution < -0.4 is 5.32 Å². The molecule has 1 N–H and O–H groups in total. The van der Waals surface area contributed by atoms with Crippen LogP contribution in [0.15, 0.2) is 46.9 Å². The second-order valence-corrected chi connectivity index (χ2v) is 5.82. The Balaban J connectivity index is 2.31. The Bertz CT molecular complexity index is 792. The number of rotatable bonds is 5. The van der Waals surface area contributed by atoms with Gasteiger partial charge in [-0.15, -0.1) is 0 Å². The van der Waals surface area contributed by atoms with Crippen LogP contribution in [0.25, 0.3) is 0 Å². The fourth-order valence-corrected chi connectivity index (χ4v) is 2.75. The molecule has 0 saturated heterocycles. The Morgan fingerprint density at radius 1 is 1.08 bits per heavy atom. The van der Waals surface area contributed by atoms with Crippen molar-refractivity contribution < 1.29 is 14.6 Å². The Labute approximate surface area is 144 Å². The van der Waals surface area contributed by atoms with Crippen molar-refractivity contribution in [1.82, 2.24) is 5.32 Å². The van der Waals surface area contributed by atoms with Crippen molar-refractivity contribution in [3.8, 4) is 0 Å². The first-order chi connectivity index (χ1) is 11.3. The molecule has 9 heteroatoms. The van der Waals surface area contributed by atoms with E-state index in [-0.39, 0.29) is 5.56 Å². The van der Waals surface area contributed by atoms with E-state index in [1.54, 1.807) is 13.0 Å². The van der Waals surface area contributed by atoms with E-state index in [4.69, 9.17) is 0 Å². The lowest BCUT2D eigenvalue weighted by Crippen LogP contribution is -2.27. The molecule has 0 aliphatic heterocycles. The van der Waals surface area contributed by atoms with Crippen LogP contribution in [0.2, 0.25) is 0 Å². The zero-order valence-electron chi connectivity index (χ0n) is 12.4. The van der Waals surface area contributed by atoms with E-state index in [9.17, 15) is 25.0 Å². The van der Waals surface area contributed by atoms with Gasteiger partial charge in [-0.2, -0.15) is 0 Å². The van der Waals surface area contributed by atoms with Crippen molar-refractivity contribution in [2.75, 3.05) is 0 Å². The number of halogens is 1. The quantitative estimate of drug-likeness (QED) is 0.613. The number of hydrogen-bond acceptors (Lipinski definition) is 5. The maximum Gasteiger partial charge on any atom is 0.277 e. The predicted molar refractivity (Wildman–Crippen MR) is 89.8 cm³/mol. The van der Waals surface area contributed by atoms with Crippen molar-refractivity contribution in [3.05, 3.63) is 78.3 Å². The lowest BCUT2D eigenvalue weighted by Gasteiger charge is -2.15. The first-order valence-corrected chi connectivity index (χ1v) is 7.58. The van der Waals surface area contributed by atoms with Gasteiger partial charge in [-0.3, -0.25) is 25.0 Å². The summed E-state index contributed by atoms with van der Waals surface area (Å²) >= 11 is 3.37. The van der Waals surface area contributed by atoms with Gasteiger partial charge in [0.05, 0.1) is 27.5 Å². The van der Waals surface area contributed by atoms with Gasteiger partial charge in [-0.25, -0.2) is 0 Å². The zero-order chi connectivity index (χ0) is 17.9. The summed E-state index contributed by atoms with van der Waals surface area (Å²) in [6, 6.07) is 9.69. The Morgan fingerprint density at radius 3 is 2.12 bits per heavy atom. The normalized spacial score (nSPS) is 11.6. The second kappa shape index (κ2) is 7.18. The number of nitro benzene ring substituents is 2. The maximum absolute atomic E-state index is 12.3. The average molecular weight is 394 g/mol. The highest BCUT2D eigenvalue weighted by Gasteiger charge is 2.21. The third-order valence-corrected chi connectivity index (χ3v) is 4.03. The molecule has 8 nitrogen and oxygen atoms in total. The molecule has 1 atom stereocenters. The summed E-state index contributed by atoms with van der Waals surface area (Å²) in [5.41, 5.74) is -0.355.